The monoisotopic (exact) mass is 396 g/mol. The first kappa shape index (κ1) is 19.9. The van der Waals surface area contributed by atoms with Crippen molar-refractivity contribution in [2.24, 2.45) is 0 Å². The SMILES string of the molecule is CCC(=O)Nc1ccc(Cl)c(NC(=O)c2cc(Cl)c(OC)c(OC)c2)c1. The van der Waals surface area contributed by atoms with Crippen molar-refractivity contribution in [2.75, 3.05) is 24.9 Å². The van der Waals surface area contributed by atoms with Gasteiger partial charge in [0, 0.05) is 17.7 Å². The van der Waals surface area contributed by atoms with Gasteiger partial charge in [-0.3, -0.25) is 9.59 Å². The zero-order chi connectivity index (χ0) is 19.3. The van der Waals surface area contributed by atoms with Crippen LogP contribution in [0.25, 0.3) is 0 Å². The lowest BCUT2D eigenvalue weighted by molar-refractivity contribution is -0.115. The van der Waals surface area contributed by atoms with Crippen LogP contribution in [0, 0.1) is 0 Å². The quantitative estimate of drug-likeness (QED) is 0.746. The van der Waals surface area contributed by atoms with Crippen LogP contribution < -0.4 is 20.1 Å². The molecule has 2 aromatic rings. The summed E-state index contributed by atoms with van der Waals surface area (Å²) in [5, 5.41) is 5.98. The summed E-state index contributed by atoms with van der Waals surface area (Å²) in [5.74, 6) is 0.0956. The predicted octanol–water partition coefficient (Wildman–Crippen LogP) is 4.61. The molecule has 0 saturated heterocycles. The molecule has 0 fully saturated rings. The van der Waals surface area contributed by atoms with Gasteiger partial charge < -0.3 is 20.1 Å². The summed E-state index contributed by atoms with van der Waals surface area (Å²) in [6.45, 7) is 1.74. The predicted molar refractivity (Wildman–Crippen MR) is 103 cm³/mol. The molecule has 6 nitrogen and oxygen atoms in total. The van der Waals surface area contributed by atoms with Crippen molar-refractivity contribution >= 4 is 46.4 Å². The topological polar surface area (TPSA) is 76.7 Å². The van der Waals surface area contributed by atoms with E-state index in [9.17, 15) is 9.59 Å². The molecule has 0 aromatic heterocycles. The number of nitrogens with one attached hydrogen (secondary N) is 2. The van der Waals surface area contributed by atoms with Gasteiger partial charge in [-0.2, -0.15) is 0 Å². The Kier molecular flexibility index (Phi) is 6.71. The molecule has 0 aliphatic rings. The molecule has 0 spiro atoms. The van der Waals surface area contributed by atoms with E-state index < -0.39 is 5.91 Å². The Bertz CT molecular complexity index is 840. The number of benzene rings is 2. The van der Waals surface area contributed by atoms with Crippen molar-refractivity contribution in [1.82, 2.24) is 0 Å². The molecule has 0 aliphatic carbocycles. The minimum atomic E-state index is -0.436. The van der Waals surface area contributed by atoms with Crippen LogP contribution in [0.5, 0.6) is 11.5 Å². The molecule has 0 unspecified atom stereocenters. The first-order chi connectivity index (χ1) is 12.4. The van der Waals surface area contributed by atoms with E-state index in [1.165, 1.54) is 26.4 Å². The molecule has 0 bridgehead atoms. The Balaban J connectivity index is 2.28. The molecule has 8 heteroatoms. The van der Waals surface area contributed by atoms with Gasteiger partial charge >= 0.3 is 0 Å². The fraction of sp³-hybridized carbons (Fsp3) is 0.222. The Morgan fingerprint density at radius 1 is 1.00 bits per heavy atom. The maximum absolute atomic E-state index is 12.6. The number of methoxy groups -OCH3 is 2. The van der Waals surface area contributed by atoms with Gasteiger partial charge in [-0.25, -0.2) is 0 Å². The zero-order valence-corrected chi connectivity index (χ0v) is 16.0. The van der Waals surface area contributed by atoms with Gasteiger partial charge in [0.2, 0.25) is 5.91 Å². The average Bonchev–Trinajstić information content (AvgIpc) is 2.63. The fourth-order valence-corrected chi connectivity index (χ4v) is 2.64. The summed E-state index contributed by atoms with van der Waals surface area (Å²) in [6.07, 6.45) is 0.342. The van der Waals surface area contributed by atoms with Gasteiger partial charge in [-0.05, 0) is 30.3 Å². The highest BCUT2D eigenvalue weighted by Crippen LogP contribution is 2.36. The van der Waals surface area contributed by atoms with Crippen LogP contribution in [0.15, 0.2) is 30.3 Å². The normalized spacial score (nSPS) is 10.2. The number of carbonyl (C=O) groups excluding carboxylic acids is 2. The molecule has 138 valence electrons. The van der Waals surface area contributed by atoms with Crippen LogP contribution >= 0.6 is 23.2 Å². The van der Waals surface area contributed by atoms with Crippen LogP contribution in [-0.4, -0.2) is 26.0 Å². The highest BCUT2D eigenvalue weighted by molar-refractivity contribution is 6.34. The maximum atomic E-state index is 12.6. The van der Waals surface area contributed by atoms with E-state index in [4.69, 9.17) is 32.7 Å². The lowest BCUT2D eigenvalue weighted by Crippen LogP contribution is -2.14. The molecule has 0 aliphatic heterocycles. The van der Waals surface area contributed by atoms with E-state index in [0.29, 0.717) is 34.3 Å². The number of anilines is 2. The number of carbonyl (C=O) groups is 2. The first-order valence-electron chi connectivity index (χ1n) is 7.71. The third kappa shape index (κ3) is 4.59. The molecule has 2 aromatic carbocycles. The van der Waals surface area contributed by atoms with Crippen molar-refractivity contribution in [3.63, 3.8) is 0 Å². The van der Waals surface area contributed by atoms with Crippen molar-refractivity contribution in [3.8, 4) is 11.5 Å². The maximum Gasteiger partial charge on any atom is 0.255 e. The molecular formula is C18H18Cl2N2O4. The third-order valence-electron chi connectivity index (χ3n) is 3.52. The Labute approximate surface area is 161 Å². The van der Waals surface area contributed by atoms with Crippen LogP contribution in [0.2, 0.25) is 10.0 Å². The molecule has 0 heterocycles. The summed E-state index contributed by atoms with van der Waals surface area (Å²) in [4.78, 5) is 24.1. The van der Waals surface area contributed by atoms with Crippen LogP contribution in [0.3, 0.4) is 0 Å². The van der Waals surface area contributed by atoms with Gasteiger partial charge in [0.15, 0.2) is 11.5 Å². The van der Waals surface area contributed by atoms with Gasteiger partial charge in [0.1, 0.15) is 0 Å². The van der Waals surface area contributed by atoms with Gasteiger partial charge in [0.25, 0.3) is 5.91 Å². The Hall–Kier alpha value is -2.44. The molecule has 0 saturated carbocycles. The van der Waals surface area contributed by atoms with Crippen LogP contribution in [0.1, 0.15) is 23.7 Å². The lowest BCUT2D eigenvalue weighted by atomic mass is 10.1. The van der Waals surface area contributed by atoms with E-state index in [1.807, 2.05) is 0 Å². The highest BCUT2D eigenvalue weighted by atomic mass is 35.5. The molecule has 2 amide bonds. The van der Waals surface area contributed by atoms with Gasteiger partial charge in [-0.15, -0.1) is 0 Å². The second-order valence-corrected chi connectivity index (χ2v) is 6.06. The Morgan fingerprint density at radius 2 is 1.73 bits per heavy atom. The van der Waals surface area contributed by atoms with E-state index in [1.54, 1.807) is 25.1 Å². The standard InChI is InChI=1S/C18H18Cl2N2O4/c1-4-16(23)21-11-5-6-12(19)14(9-11)22-18(24)10-7-13(20)17(26-3)15(8-10)25-2/h5-9H,4H2,1-3H3,(H,21,23)(H,22,24). The molecule has 0 radical (unpaired) electrons. The molecule has 26 heavy (non-hydrogen) atoms. The van der Waals surface area contributed by atoms with Crippen molar-refractivity contribution in [2.45, 2.75) is 13.3 Å². The minimum Gasteiger partial charge on any atom is -0.493 e. The van der Waals surface area contributed by atoms with Crippen molar-refractivity contribution < 1.29 is 19.1 Å². The summed E-state index contributed by atoms with van der Waals surface area (Å²) >= 11 is 12.3. The van der Waals surface area contributed by atoms with Gasteiger partial charge in [-0.1, -0.05) is 30.1 Å². The van der Waals surface area contributed by atoms with Crippen molar-refractivity contribution in [3.05, 3.63) is 45.9 Å². The number of hydrogen-bond donors (Lipinski definition) is 2. The Morgan fingerprint density at radius 3 is 2.35 bits per heavy atom. The number of ether oxygens (including phenoxy) is 2. The van der Waals surface area contributed by atoms with E-state index in [0.717, 1.165) is 0 Å². The highest BCUT2D eigenvalue weighted by Gasteiger charge is 2.16. The smallest absolute Gasteiger partial charge is 0.255 e. The number of hydrogen-bond acceptors (Lipinski definition) is 4. The van der Waals surface area contributed by atoms with Crippen LogP contribution in [0.4, 0.5) is 11.4 Å². The van der Waals surface area contributed by atoms with E-state index in [2.05, 4.69) is 10.6 Å². The zero-order valence-electron chi connectivity index (χ0n) is 14.5. The number of halogens is 2. The van der Waals surface area contributed by atoms with Crippen LogP contribution in [-0.2, 0) is 4.79 Å². The van der Waals surface area contributed by atoms with E-state index >= 15 is 0 Å². The fourth-order valence-electron chi connectivity index (χ4n) is 2.19. The summed E-state index contributed by atoms with van der Waals surface area (Å²) in [6, 6.07) is 7.80. The summed E-state index contributed by atoms with van der Waals surface area (Å²) < 4.78 is 10.3. The van der Waals surface area contributed by atoms with E-state index in [-0.39, 0.29) is 16.5 Å². The summed E-state index contributed by atoms with van der Waals surface area (Å²) in [7, 11) is 2.91. The number of rotatable bonds is 6. The second kappa shape index (κ2) is 8.78. The minimum absolute atomic E-state index is 0.142. The largest absolute Gasteiger partial charge is 0.493 e. The second-order valence-electron chi connectivity index (χ2n) is 5.24. The summed E-state index contributed by atoms with van der Waals surface area (Å²) in [5.41, 5.74) is 1.16. The first-order valence-corrected chi connectivity index (χ1v) is 8.47. The molecule has 0 atom stereocenters. The average molecular weight is 397 g/mol. The molecule has 2 N–H and O–H groups in total. The third-order valence-corrected chi connectivity index (χ3v) is 4.13. The van der Waals surface area contributed by atoms with Crippen molar-refractivity contribution in [1.29, 1.82) is 0 Å². The number of amides is 2. The molecular weight excluding hydrogens is 379 g/mol. The van der Waals surface area contributed by atoms with Gasteiger partial charge in [0.05, 0.1) is 30.0 Å². The molecule has 2 rings (SSSR count). The lowest BCUT2D eigenvalue weighted by Gasteiger charge is -2.13.